The fourth-order valence-electron chi connectivity index (χ4n) is 1.74. The lowest BCUT2D eigenvalue weighted by Gasteiger charge is -2.08. The summed E-state index contributed by atoms with van der Waals surface area (Å²) >= 11 is 0. The third-order valence-electron chi connectivity index (χ3n) is 2.89. The van der Waals surface area contributed by atoms with Crippen LogP contribution in [0.15, 0.2) is 42.6 Å². The van der Waals surface area contributed by atoms with Gasteiger partial charge >= 0.3 is 0 Å². The molecule has 20 heavy (non-hydrogen) atoms. The Bertz CT molecular complexity index is 526. The summed E-state index contributed by atoms with van der Waals surface area (Å²) in [5.74, 6) is 1.99. The molecule has 4 heteroatoms. The number of rotatable bonds is 7. The Morgan fingerprint density at radius 1 is 1.00 bits per heavy atom. The summed E-state index contributed by atoms with van der Waals surface area (Å²) in [5.41, 5.74) is 6.92. The summed E-state index contributed by atoms with van der Waals surface area (Å²) < 4.78 is 11.2. The average molecular weight is 272 g/mol. The summed E-state index contributed by atoms with van der Waals surface area (Å²) in [6.45, 7) is 3.37. The summed E-state index contributed by atoms with van der Waals surface area (Å²) in [6.07, 6.45) is 3.51. The number of nitrogen functional groups attached to an aromatic ring is 1. The lowest BCUT2D eigenvalue weighted by Crippen LogP contribution is -2.04. The van der Waals surface area contributed by atoms with Crippen LogP contribution < -0.4 is 15.2 Å². The Balaban J connectivity index is 1.60. The van der Waals surface area contributed by atoms with E-state index in [4.69, 9.17) is 15.2 Å². The Morgan fingerprint density at radius 3 is 2.40 bits per heavy atom. The monoisotopic (exact) mass is 272 g/mol. The fraction of sp³-hybridized carbons (Fsp3) is 0.312. The zero-order valence-corrected chi connectivity index (χ0v) is 11.7. The smallest absolute Gasteiger partial charge is 0.166 e. The molecule has 2 aromatic rings. The Morgan fingerprint density at radius 2 is 1.70 bits per heavy atom. The molecular weight excluding hydrogens is 252 g/mol. The van der Waals surface area contributed by atoms with Crippen molar-refractivity contribution in [2.75, 3.05) is 18.9 Å². The summed E-state index contributed by atoms with van der Waals surface area (Å²) in [7, 11) is 0. The van der Waals surface area contributed by atoms with Crippen molar-refractivity contribution in [1.29, 1.82) is 0 Å². The number of nitrogens with zero attached hydrogens (tertiary/aromatic N) is 1. The third-order valence-corrected chi connectivity index (χ3v) is 2.89. The van der Waals surface area contributed by atoms with E-state index in [2.05, 4.69) is 11.9 Å². The highest BCUT2D eigenvalue weighted by Crippen LogP contribution is 2.17. The van der Waals surface area contributed by atoms with Gasteiger partial charge in [0.2, 0.25) is 0 Å². The highest BCUT2D eigenvalue weighted by Gasteiger charge is 1.99. The third kappa shape index (κ3) is 4.46. The van der Waals surface area contributed by atoms with E-state index in [1.165, 1.54) is 5.56 Å². The van der Waals surface area contributed by atoms with Crippen molar-refractivity contribution < 1.29 is 9.47 Å². The first-order chi connectivity index (χ1) is 9.75. The van der Waals surface area contributed by atoms with Gasteiger partial charge in [-0.05, 0) is 44.0 Å². The first-order valence-corrected chi connectivity index (χ1v) is 6.78. The second-order valence-electron chi connectivity index (χ2n) is 4.60. The SMILES string of the molecule is Cc1ccc(OCCCCOc2cccnc2N)cc1. The van der Waals surface area contributed by atoms with Crippen molar-refractivity contribution in [3.05, 3.63) is 48.2 Å². The fourth-order valence-corrected chi connectivity index (χ4v) is 1.74. The highest BCUT2D eigenvalue weighted by molar-refractivity contribution is 5.44. The number of pyridine rings is 1. The van der Waals surface area contributed by atoms with E-state index in [0.717, 1.165) is 18.6 Å². The van der Waals surface area contributed by atoms with Gasteiger partial charge in [-0.2, -0.15) is 0 Å². The van der Waals surface area contributed by atoms with Gasteiger partial charge in [-0.15, -0.1) is 0 Å². The van der Waals surface area contributed by atoms with Crippen LogP contribution in [-0.4, -0.2) is 18.2 Å². The topological polar surface area (TPSA) is 57.4 Å². The molecule has 0 saturated carbocycles. The van der Waals surface area contributed by atoms with E-state index < -0.39 is 0 Å². The molecule has 4 nitrogen and oxygen atoms in total. The van der Waals surface area contributed by atoms with Gasteiger partial charge in [-0.3, -0.25) is 0 Å². The zero-order valence-electron chi connectivity index (χ0n) is 11.7. The number of nitrogens with two attached hydrogens (primary N) is 1. The zero-order chi connectivity index (χ0) is 14.2. The minimum Gasteiger partial charge on any atom is -0.494 e. The largest absolute Gasteiger partial charge is 0.494 e. The molecule has 106 valence electrons. The predicted octanol–water partition coefficient (Wildman–Crippen LogP) is 3.21. The van der Waals surface area contributed by atoms with Crippen molar-refractivity contribution in [2.45, 2.75) is 19.8 Å². The molecule has 0 radical (unpaired) electrons. The maximum atomic E-state index is 5.69. The standard InChI is InChI=1S/C16H20N2O2/c1-13-6-8-14(9-7-13)19-11-2-3-12-20-15-5-4-10-18-16(15)17/h4-10H,2-3,11-12H2,1H3,(H2,17,18). The number of benzene rings is 1. The maximum absolute atomic E-state index is 5.69. The minimum absolute atomic E-state index is 0.434. The number of aryl methyl sites for hydroxylation is 1. The van der Waals surface area contributed by atoms with Crippen molar-refractivity contribution in [3.8, 4) is 11.5 Å². The second kappa shape index (κ2) is 7.38. The number of hydrogen-bond donors (Lipinski definition) is 1. The maximum Gasteiger partial charge on any atom is 0.166 e. The van der Waals surface area contributed by atoms with E-state index >= 15 is 0 Å². The molecule has 0 aliphatic heterocycles. The first kappa shape index (κ1) is 14.2. The molecule has 1 aromatic heterocycles. The van der Waals surface area contributed by atoms with Crippen LogP contribution in [0.3, 0.4) is 0 Å². The normalized spacial score (nSPS) is 10.2. The molecule has 0 aliphatic rings. The summed E-state index contributed by atoms with van der Waals surface area (Å²) in [4.78, 5) is 3.97. The number of unbranched alkanes of at least 4 members (excludes halogenated alkanes) is 1. The molecule has 0 aliphatic carbocycles. The van der Waals surface area contributed by atoms with Gasteiger partial charge in [-0.25, -0.2) is 4.98 Å². The van der Waals surface area contributed by atoms with Crippen LogP contribution in [0.4, 0.5) is 5.82 Å². The lowest BCUT2D eigenvalue weighted by atomic mass is 10.2. The van der Waals surface area contributed by atoms with Crippen molar-refractivity contribution in [3.63, 3.8) is 0 Å². The molecule has 0 fully saturated rings. The van der Waals surface area contributed by atoms with Crippen molar-refractivity contribution in [1.82, 2.24) is 4.98 Å². The number of anilines is 1. The van der Waals surface area contributed by atoms with E-state index in [0.29, 0.717) is 24.8 Å². The minimum atomic E-state index is 0.434. The average Bonchev–Trinajstić information content (AvgIpc) is 2.46. The molecule has 0 unspecified atom stereocenters. The molecule has 2 rings (SSSR count). The van der Waals surface area contributed by atoms with Gasteiger partial charge in [0.25, 0.3) is 0 Å². The number of aromatic nitrogens is 1. The number of ether oxygens (including phenoxy) is 2. The van der Waals surface area contributed by atoms with E-state index in [1.54, 1.807) is 6.20 Å². The molecule has 0 atom stereocenters. The van der Waals surface area contributed by atoms with Crippen molar-refractivity contribution >= 4 is 5.82 Å². The van der Waals surface area contributed by atoms with Crippen LogP contribution in [-0.2, 0) is 0 Å². The lowest BCUT2D eigenvalue weighted by molar-refractivity contribution is 0.267. The van der Waals surface area contributed by atoms with Gasteiger partial charge < -0.3 is 15.2 Å². The van der Waals surface area contributed by atoms with Crippen LogP contribution in [0, 0.1) is 6.92 Å². The molecule has 0 spiro atoms. The highest BCUT2D eigenvalue weighted by atomic mass is 16.5. The summed E-state index contributed by atoms with van der Waals surface area (Å²) in [5, 5.41) is 0. The van der Waals surface area contributed by atoms with Crippen LogP contribution in [0.25, 0.3) is 0 Å². The van der Waals surface area contributed by atoms with E-state index in [9.17, 15) is 0 Å². The molecule has 1 heterocycles. The molecule has 0 saturated heterocycles. The Kier molecular flexibility index (Phi) is 5.24. The number of hydrogen-bond acceptors (Lipinski definition) is 4. The predicted molar refractivity (Wildman–Crippen MR) is 80.1 cm³/mol. The van der Waals surface area contributed by atoms with Gasteiger partial charge in [-0.1, -0.05) is 17.7 Å². The molecule has 2 N–H and O–H groups in total. The molecule has 0 bridgehead atoms. The quantitative estimate of drug-likeness (QED) is 0.786. The van der Waals surface area contributed by atoms with Crippen LogP contribution in [0.5, 0.6) is 11.5 Å². The van der Waals surface area contributed by atoms with Gasteiger partial charge in [0.05, 0.1) is 13.2 Å². The van der Waals surface area contributed by atoms with Gasteiger partial charge in [0.15, 0.2) is 11.6 Å². The Labute approximate surface area is 119 Å². The molecule has 1 aromatic carbocycles. The Hall–Kier alpha value is -2.23. The van der Waals surface area contributed by atoms with E-state index in [1.807, 2.05) is 36.4 Å². The van der Waals surface area contributed by atoms with E-state index in [-0.39, 0.29) is 0 Å². The molecule has 0 amide bonds. The molecular formula is C16H20N2O2. The first-order valence-electron chi connectivity index (χ1n) is 6.78. The van der Waals surface area contributed by atoms with Crippen LogP contribution >= 0.6 is 0 Å². The summed E-state index contributed by atoms with van der Waals surface area (Å²) in [6, 6.07) is 11.7. The van der Waals surface area contributed by atoms with Crippen LogP contribution in [0.2, 0.25) is 0 Å². The van der Waals surface area contributed by atoms with Gasteiger partial charge in [0.1, 0.15) is 5.75 Å². The van der Waals surface area contributed by atoms with Gasteiger partial charge in [0, 0.05) is 6.20 Å². The van der Waals surface area contributed by atoms with Crippen LogP contribution in [0.1, 0.15) is 18.4 Å². The van der Waals surface area contributed by atoms with Crippen molar-refractivity contribution in [2.24, 2.45) is 0 Å². The second-order valence-corrected chi connectivity index (χ2v) is 4.60.